The molecule has 1 aromatic carbocycles. The Morgan fingerprint density at radius 2 is 2.08 bits per heavy atom. The zero-order valence-corrected chi connectivity index (χ0v) is 16.3. The number of hydrogen-bond acceptors (Lipinski definition) is 5. The molecule has 0 radical (unpaired) electrons. The largest absolute Gasteiger partial charge is 0.491 e. The minimum Gasteiger partial charge on any atom is -0.491 e. The molecule has 1 fully saturated rings. The number of β-amino-alcohol motifs (C(OH)–C–C–N with tert-alkyl or cyclic N) is 1. The first kappa shape index (κ1) is 22.0. The molecule has 0 spiro atoms. The minimum absolute atomic E-state index is 0. The molecule has 2 rings (SSSR count). The van der Waals surface area contributed by atoms with Crippen LogP contribution in [-0.2, 0) is 9.53 Å². The lowest BCUT2D eigenvalue weighted by Crippen LogP contribution is -2.42. The number of aliphatic hydroxyl groups is 1. The lowest BCUT2D eigenvalue weighted by molar-refractivity contribution is -0.149. The van der Waals surface area contributed by atoms with Gasteiger partial charge >= 0.3 is 5.97 Å². The number of nitrogens with zero attached hydrogens (tertiary/aromatic N) is 1. The van der Waals surface area contributed by atoms with Crippen molar-refractivity contribution in [2.24, 2.45) is 5.92 Å². The van der Waals surface area contributed by atoms with Gasteiger partial charge in [0.05, 0.1) is 12.5 Å². The van der Waals surface area contributed by atoms with Gasteiger partial charge in [-0.05, 0) is 63.5 Å². The quantitative estimate of drug-likeness (QED) is 0.723. The standard InChI is InChI=1S/C18H26ClNO4.ClH/c1-3-23-18(22)14-6-8-20(9-7-14)11-16(21)12-24-17-5-4-15(19)10-13(17)2;/h4-5,10,14,16,21H,3,6-9,11-12H2,1-2H3;1H. The molecule has 1 saturated heterocycles. The van der Waals surface area contributed by atoms with Crippen molar-refractivity contribution in [3.63, 3.8) is 0 Å². The third-order valence-electron chi connectivity index (χ3n) is 4.24. The first-order chi connectivity index (χ1) is 11.5. The average Bonchev–Trinajstić information content (AvgIpc) is 2.55. The van der Waals surface area contributed by atoms with Gasteiger partial charge < -0.3 is 19.5 Å². The zero-order valence-electron chi connectivity index (χ0n) is 14.7. The Morgan fingerprint density at radius 3 is 2.68 bits per heavy atom. The fraction of sp³-hybridized carbons (Fsp3) is 0.611. The number of aryl methyl sites for hydroxylation is 1. The smallest absolute Gasteiger partial charge is 0.309 e. The summed E-state index contributed by atoms with van der Waals surface area (Å²) in [4.78, 5) is 13.9. The number of esters is 1. The van der Waals surface area contributed by atoms with Crippen LogP contribution in [0.5, 0.6) is 5.75 Å². The SMILES string of the molecule is CCOC(=O)C1CCN(CC(O)COc2ccc(Cl)cc2C)CC1.Cl. The average molecular weight is 392 g/mol. The molecule has 5 nitrogen and oxygen atoms in total. The van der Waals surface area contributed by atoms with E-state index in [4.69, 9.17) is 21.1 Å². The summed E-state index contributed by atoms with van der Waals surface area (Å²) in [7, 11) is 0. The molecular weight excluding hydrogens is 365 g/mol. The van der Waals surface area contributed by atoms with Crippen molar-refractivity contribution in [1.29, 1.82) is 0 Å². The molecule has 0 aliphatic carbocycles. The van der Waals surface area contributed by atoms with Crippen molar-refractivity contribution in [2.45, 2.75) is 32.8 Å². The van der Waals surface area contributed by atoms with E-state index in [1.807, 2.05) is 26.0 Å². The number of carbonyl (C=O) groups is 1. The Kier molecular flexibility index (Phi) is 9.57. The van der Waals surface area contributed by atoms with E-state index in [0.717, 1.165) is 37.2 Å². The Balaban J connectivity index is 0.00000312. The molecule has 0 bridgehead atoms. The van der Waals surface area contributed by atoms with Crippen LogP contribution in [0.2, 0.25) is 5.02 Å². The summed E-state index contributed by atoms with van der Waals surface area (Å²) in [6, 6.07) is 5.43. The first-order valence-corrected chi connectivity index (χ1v) is 8.83. The zero-order chi connectivity index (χ0) is 17.5. The fourth-order valence-electron chi connectivity index (χ4n) is 2.92. The molecule has 0 aromatic heterocycles. The van der Waals surface area contributed by atoms with Gasteiger partial charge in [0.25, 0.3) is 0 Å². The predicted octanol–water partition coefficient (Wildman–Crippen LogP) is 3.09. The van der Waals surface area contributed by atoms with Crippen LogP contribution < -0.4 is 4.74 Å². The molecule has 1 heterocycles. The van der Waals surface area contributed by atoms with Crippen LogP contribution in [0.15, 0.2) is 18.2 Å². The summed E-state index contributed by atoms with van der Waals surface area (Å²) < 4.78 is 10.7. The fourth-order valence-corrected chi connectivity index (χ4v) is 3.15. The van der Waals surface area contributed by atoms with E-state index >= 15 is 0 Å². The molecular formula is C18H27Cl2NO4. The number of halogens is 2. The Bertz CT molecular complexity index is 548. The highest BCUT2D eigenvalue weighted by atomic mass is 35.5. The number of aliphatic hydroxyl groups excluding tert-OH is 1. The van der Waals surface area contributed by atoms with Crippen LogP contribution in [0.1, 0.15) is 25.3 Å². The molecule has 1 unspecified atom stereocenters. The molecule has 7 heteroatoms. The van der Waals surface area contributed by atoms with E-state index in [1.165, 1.54) is 0 Å². The van der Waals surface area contributed by atoms with Crippen molar-refractivity contribution in [1.82, 2.24) is 4.90 Å². The lowest BCUT2D eigenvalue weighted by atomic mass is 9.97. The topological polar surface area (TPSA) is 59.0 Å². The van der Waals surface area contributed by atoms with Gasteiger partial charge in [0.1, 0.15) is 18.5 Å². The minimum atomic E-state index is -0.570. The monoisotopic (exact) mass is 391 g/mol. The van der Waals surface area contributed by atoms with Gasteiger partial charge in [-0.25, -0.2) is 0 Å². The Labute approximate surface area is 160 Å². The number of rotatable bonds is 7. The van der Waals surface area contributed by atoms with Gasteiger partial charge in [-0.3, -0.25) is 4.79 Å². The van der Waals surface area contributed by atoms with Crippen LogP contribution in [-0.4, -0.2) is 54.9 Å². The predicted molar refractivity (Wildman–Crippen MR) is 101 cm³/mol. The molecule has 1 aliphatic heterocycles. The van der Waals surface area contributed by atoms with Gasteiger partial charge in [-0.1, -0.05) is 11.6 Å². The third kappa shape index (κ3) is 7.02. The molecule has 1 aliphatic rings. The summed E-state index contributed by atoms with van der Waals surface area (Å²) in [5.74, 6) is 0.630. The van der Waals surface area contributed by atoms with Crippen molar-refractivity contribution in [3.05, 3.63) is 28.8 Å². The normalized spacial score (nSPS) is 16.8. The van der Waals surface area contributed by atoms with Crippen LogP contribution in [0.4, 0.5) is 0 Å². The van der Waals surface area contributed by atoms with E-state index in [1.54, 1.807) is 6.07 Å². The van der Waals surface area contributed by atoms with Crippen molar-refractivity contribution < 1.29 is 19.4 Å². The summed E-state index contributed by atoms with van der Waals surface area (Å²) in [6.45, 7) is 6.54. The second kappa shape index (κ2) is 10.9. The maximum Gasteiger partial charge on any atom is 0.309 e. The second-order valence-electron chi connectivity index (χ2n) is 6.20. The van der Waals surface area contributed by atoms with E-state index in [9.17, 15) is 9.90 Å². The Morgan fingerprint density at radius 1 is 1.40 bits per heavy atom. The highest BCUT2D eigenvalue weighted by Gasteiger charge is 2.26. The number of likely N-dealkylation sites (tertiary alicyclic amines) is 1. The van der Waals surface area contributed by atoms with Gasteiger partial charge in [0.15, 0.2) is 0 Å². The van der Waals surface area contributed by atoms with Crippen LogP contribution in [0.3, 0.4) is 0 Å². The van der Waals surface area contributed by atoms with E-state index in [0.29, 0.717) is 18.2 Å². The molecule has 25 heavy (non-hydrogen) atoms. The van der Waals surface area contributed by atoms with Crippen LogP contribution in [0, 0.1) is 12.8 Å². The maximum absolute atomic E-state index is 11.7. The molecule has 1 atom stereocenters. The lowest BCUT2D eigenvalue weighted by Gasteiger charge is -2.32. The van der Waals surface area contributed by atoms with Crippen molar-refractivity contribution in [3.8, 4) is 5.75 Å². The number of piperidine rings is 1. The number of benzene rings is 1. The first-order valence-electron chi connectivity index (χ1n) is 8.45. The van der Waals surface area contributed by atoms with E-state index in [2.05, 4.69) is 4.90 Å². The van der Waals surface area contributed by atoms with Crippen LogP contribution in [0.25, 0.3) is 0 Å². The van der Waals surface area contributed by atoms with Gasteiger partial charge in [0.2, 0.25) is 0 Å². The van der Waals surface area contributed by atoms with E-state index in [-0.39, 0.29) is 30.9 Å². The molecule has 0 amide bonds. The van der Waals surface area contributed by atoms with Crippen molar-refractivity contribution >= 4 is 30.0 Å². The van der Waals surface area contributed by atoms with Crippen molar-refractivity contribution in [2.75, 3.05) is 32.8 Å². The number of carbonyl (C=O) groups excluding carboxylic acids is 1. The third-order valence-corrected chi connectivity index (χ3v) is 4.48. The molecule has 142 valence electrons. The summed E-state index contributed by atoms with van der Waals surface area (Å²) >= 11 is 5.92. The highest BCUT2D eigenvalue weighted by molar-refractivity contribution is 6.30. The van der Waals surface area contributed by atoms with Gasteiger partial charge in [-0.15, -0.1) is 12.4 Å². The number of ether oxygens (including phenoxy) is 2. The highest BCUT2D eigenvalue weighted by Crippen LogP contribution is 2.22. The summed E-state index contributed by atoms with van der Waals surface area (Å²) in [6.07, 6.45) is 0.991. The van der Waals surface area contributed by atoms with Crippen LogP contribution >= 0.6 is 24.0 Å². The Hall–Kier alpha value is -1.01. The van der Waals surface area contributed by atoms with Gasteiger partial charge in [0, 0.05) is 11.6 Å². The summed E-state index contributed by atoms with van der Waals surface area (Å²) in [5.41, 5.74) is 0.949. The summed E-state index contributed by atoms with van der Waals surface area (Å²) in [5, 5.41) is 10.9. The maximum atomic E-state index is 11.7. The molecule has 1 aromatic rings. The number of hydrogen-bond donors (Lipinski definition) is 1. The van der Waals surface area contributed by atoms with Gasteiger partial charge in [-0.2, -0.15) is 0 Å². The molecule has 0 saturated carbocycles. The van der Waals surface area contributed by atoms with E-state index < -0.39 is 6.10 Å². The molecule has 1 N–H and O–H groups in total. The second-order valence-corrected chi connectivity index (χ2v) is 6.64.